The number of hydrogen-bond acceptors (Lipinski definition) is 6. The van der Waals surface area contributed by atoms with Gasteiger partial charge in [0.15, 0.2) is 0 Å². The van der Waals surface area contributed by atoms with E-state index in [-0.39, 0.29) is 0 Å². The number of aromatic nitrogens is 1. The van der Waals surface area contributed by atoms with Crippen molar-refractivity contribution in [3.63, 3.8) is 0 Å². The van der Waals surface area contributed by atoms with Crippen LogP contribution < -0.4 is 5.32 Å². The quantitative estimate of drug-likeness (QED) is 0.325. The first kappa shape index (κ1) is 21.7. The SMILES string of the molecule is Cc1cc(CNCc2ccccn2)c(O)c(CN(Cc2cccs2)Cc2cccs2)c1. The van der Waals surface area contributed by atoms with Crippen molar-refractivity contribution in [1.82, 2.24) is 15.2 Å². The number of rotatable bonds is 10. The lowest BCUT2D eigenvalue weighted by Gasteiger charge is -2.23. The predicted octanol–water partition coefficient (Wildman–Crippen LogP) is 5.71. The Balaban J connectivity index is 1.48. The van der Waals surface area contributed by atoms with Crippen LogP contribution in [0.5, 0.6) is 5.75 Å². The number of phenolic OH excluding ortho intramolecular Hbond substituents is 1. The summed E-state index contributed by atoms with van der Waals surface area (Å²) in [4.78, 5) is 9.42. The molecule has 0 aliphatic heterocycles. The van der Waals surface area contributed by atoms with Gasteiger partial charge in [-0.1, -0.05) is 35.9 Å². The molecule has 0 saturated carbocycles. The average molecular weight is 450 g/mol. The maximum absolute atomic E-state index is 11.0. The van der Waals surface area contributed by atoms with Gasteiger partial charge in [-0.05, 0) is 41.9 Å². The Morgan fingerprint density at radius 2 is 1.58 bits per heavy atom. The molecule has 6 heteroatoms. The Hall–Kier alpha value is -2.51. The van der Waals surface area contributed by atoms with Crippen molar-refractivity contribution in [2.75, 3.05) is 0 Å². The number of aromatic hydroxyl groups is 1. The number of hydrogen-bond donors (Lipinski definition) is 2. The van der Waals surface area contributed by atoms with Crippen LogP contribution in [0, 0.1) is 6.92 Å². The van der Waals surface area contributed by atoms with Gasteiger partial charge in [0.25, 0.3) is 0 Å². The van der Waals surface area contributed by atoms with Crippen molar-refractivity contribution in [2.24, 2.45) is 0 Å². The number of benzene rings is 1. The third-order valence-electron chi connectivity index (χ3n) is 5.07. The molecule has 2 N–H and O–H groups in total. The highest BCUT2D eigenvalue weighted by atomic mass is 32.1. The number of aryl methyl sites for hydroxylation is 1. The lowest BCUT2D eigenvalue weighted by atomic mass is 10.0. The molecule has 0 radical (unpaired) electrons. The van der Waals surface area contributed by atoms with Gasteiger partial charge in [0, 0.05) is 59.8 Å². The van der Waals surface area contributed by atoms with Crippen LogP contribution in [0.25, 0.3) is 0 Å². The minimum atomic E-state index is 0.390. The lowest BCUT2D eigenvalue weighted by Crippen LogP contribution is -2.22. The van der Waals surface area contributed by atoms with E-state index >= 15 is 0 Å². The highest BCUT2D eigenvalue weighted by Crippen LogP contribution is 2.28. The van der Waals surface area contributed by atoms with Crippen LogP contribution in [0.2, 0.25) is 0 Å². The molecular weight excluding hydrogens is 422 g/mol. The van der Waals surface area contributed by atoms with Crippen LogP contribution in [0.3, 0.4) is 0 Å². The van der Waals surface area contributed by atoms with Crippen LogP contribution >= 0.6 is 22.7 Å². The lowest BCUT2D eigenvalue weighted by molar-refractivity contribution is 0.248. The molecule has 0 saturated heterocycles. The highest BCUT2D eigenvalue weighted by molar-refractivity contribution is 7.10. The van der Waals surface area contributed by atoms with Crippen LogP contribution in [-0.4, -0.2) is 15.0 Å². The van der Waals surface area contributed by atoms with Crippen LogP contribution in [0.1, 0.15) is 32.1 Å². The van der Waals surface area contributed by atoms with Crippen LogP contribution in [-0.2, 0) is 32.7 Å². The fourth-order valence-corrected chi connectivity index (χ4v) is 5.16. The number of nitrogens with zero attached hydrogens (tertiary/aromatic N) is 2. The van der Waals surface area contributed by atoms with Crippen molar-refractivity contribution >= 4 is 22.7 Å². The van der Waals surface area contributed by atoms with Gasteiger partial charge < -0.3 is 10.4 Å². The predicted molar refractivity (Wildman–Crippen MR) is 129 cm³/mol. The Labute approximate surface area is 191 Å². The number of phenols is 1. The Morgan fingerprint density at radius 3 is 2.19 bits per heavy atom. The van der Waals surface area contributed by atoms with E-state index in [1.165, 1.54) is 9.75 Å². The summed E-state index contributed by atoms with van der Waals surface area (Å²) in [6.45, 7) is 5.82. The van der Waals surface area contributed by atoms with Gasteiger partial charge in [-0.15, -0.1) is 22.7 Å². The largest absolute Gasteiger partial charge is 0.507 e. The van der Waals surface area contributed by atoms with E-state index in [2.05, 4.69) is 69.3 Å². The van der Waals surface area contributed by atoms with Crippen molar-refractivity contribution in [3.8, 4) is 5.75 Å². The molecule has 0 unspecified atom stereocenters. The topological polar surface area (TPSA) is 48.4 Å². The van der Waals surface area contributed by atoms with Gasteiger partial charge in [-0.3, -0.25) is 9.88 Å². The van der Waals surface area contributed by atoms with Crippen molar-refractivity contribution in [2.45, 2.75) is 39.6 Å². The second-order valence-corrected chi connectivity index (χ2v) is 9.72. The molecule has 3 heterocycles. The summed E-state index contributed by atoms with van der Waals surface area (Å²) < 4.78 is 0. The molecule has 4 rings (SSSR count). The molecule has 0 aliphatic carbocycles. The second-order valence-electron chi connectivity index (χ2n) is 7.66. The minimum absolute atomic E-state index is 0.390. The number of nitrogens with one attached hydrogen (secondary N) is 1. The first-order chi connectivity index (χ1) is 15.2. The number of thiophene rings is 2. The van der Waals surface area contributed by atoms with Gasteiger partial charge in [0.2, 0.25) is 0 Å². The molecule has 0 spiro atoms. The fraction of sp³-hybridized carbons (Fsp3) is 0.240. The van der Waals surface area contributed by atoms with Crippen molar-refractivity contribution < 1.29 is 5.11 Å². The third-order valence-corrected chi connectivity index (χ3v) is 6.80. The summed E-state index contributed by atoms with van der Waals surface area (Å²) in [5, 5.41) is 18.7. The first-order valence-electron chi connectivity index (χ1n) is 10.4. The van der Waals surface area contributed by atoms with E-state index in [0.717, 1.165) is 35.5 Å². The summed E-state index contributed by atoms with van der Waals surface area (Å²) in [5.41, 5.74) is 4.06. The van der Waals surface area contributed by atoms with E-state index in [9.17, 15) is 5.11 Å². The zero-order valence-electron chi connectivity index (χ0n) is 17.6. The van der Waals surface area contributed by atoms with Gasteiger partial charge in [-0.25, -0.2) is 0 Å². The Morgan fingerprint density at radius 1 is 0.871 bits per heavy atom. The van der Waals surface area contributed by atoms with Gasteiger partial charge >= 0.3 is 0 Å². The molecule has 31 heavy (non-hydrogen) atoms. The zero-order chi connectivity index (χ0) is 21.5. The molecule has 4 nitrogen and oxygen atoms in total. The summed E-state index contributed by atoms with van der Waals surface area (Å²) in [6, 6.07) is 18.6. The molecule has 0 aliphatic rings. The smallest absolute Gasteiger partial charge is 0.124 e. The normalized spacial score (nSPS) is 11.3. The van der Waals surface area contributed by atoms with E-state index in [0.29, 0.717) is 25.4 Å². The second kappa shape index (κ2) is 10.7. The van der Waals surface area contributed by atoms with Crippen LogP contribution in [0.4, 0.5) is 0 Å². The van der Waals surface area contributed by atoms with Gasteiger partial charge in [0.05, 0.1) is 5.69 Å². The third kappa shape index (κ3) is 6.24. The number of pyridine rings is 1. The molecule has 1 aromatic carbocycles. The van der Waals surface area contributed by atoms with Gasteiger partial charge in [0.1, 0.15) is 5.75 Å². The summed E-state index contributed by atoms with van der Waals surface area (Å²) >= 11 is 3.55. The van der Waals surface area contributed by atoms with Gasteiger partial charge in [-0.2, -0.15) is 0 Å². The van der Waals surface area contributed by atoms with E-state index in [1.807, 2.05) is 18.2 Å². The zero-order valence-corrected chi connectivity index (χ0v) is 19.3. The molecule has 0 fully saturated rings. The minimum Gasteiger partial charge on any atom is -0.507 e. The monoisotopic (exact) mass is 449 g/mol. The highest BCUT2D eigenvalue weighted by Gasteiger charge is 2.15. The standard InChI is InChI=1S/C25H27N3OS2/c1-19-12-20(14-26-15-22-6-2-3-9-27-22)25(29)21(13-19)16-28(17-23-7-4-10-30-23)18-24-8-5-11-31-24/h2-13,26,29H,14-18H2,1H3. The van der Waals surface area contributed by atoms with E-state index in [4.69, 9.17) is 0 Å². The van der Waals surface area contributed by atoms with Crippen molar-refractivity contribution in [1.29, 1.82) is 0 Å². The van der Waals surface area contributed by atoms with Crippen molar-refractivity contribution in [3.05, 3.63) is 104 Å². The first-order valence-corrected chi connectivity index (χ1v) is 12.1. The summed E-state index contributed by atoms with van der Waals surface area (Å²) in [6.07, 6.45) is 1.80. The fourth-order valence-electron chi connectivity index (χ4n) is 3.67. The maximum Gasteiger partial charge on any atom is 0.124 e. The molecule has 0 bridgehead atoms. The van der Waals surface area contributed by atoms with E-state index < -0.39 is 0 Å². The average Bonchev–Trinajstić information content (AvgIpc) is 3.46. The molecule has 0 atom stereocenters. The molecular formula is C25H27N3OS2. The Kier molecular flexibility index (Phi) is 7.48. The van der Waals surface area contributed by atoms with Crippen LogP contribution in [0.15, 0.2) is 71.6 Å². The summed E-state index contributed by atoms with van der Waals surface area (Å²) in [7, 11) is 0. The molecule has 4 aromatic rings. The molecule has 0 amide bonds. The Bertz CT molecular complexity index is 1030. The maximum atomic E-state index is 11.0. The molecule has 3 aromatic heterocycles. The summed E-state index contributed by atoms with van der Waals surface area (Å²) in [5.74, 6) is 0.390. The molecule has 160 valence electrons. The van der Waals surface area contributed by atoms with E-state index in [1.54, 1.807) is 28.9 Å².